The van der Waals surface area contributed by atoms with Crippen LogP contribution in [0.15, 0.2) is 54.6 Å². The number of hydrogen-bond donors (Lipinski definition) is 1. The molecule has 2 rings (SSSR count). The molecule has 4 heteroatoms. The fourth-order valence-electron chi connectivity index (χ4n) is 1.55. The summed E-state index contributed by atoms with van der Waals surface area (Å²) in [5.41, 5.74) is 8.31. The first-order valence-electron chi connectivity index (χ1n) is 5.46. The molecule has 0 aromatic heterocycles. The van der Waals surface area contributed by atoms with Crippen LogP contribution in [-0.4, -0.2) is 7.48 Å². The van der Waals surface area contributed by atoms with Gasteiger partial charge in [-0.3, -0.25) is 0 Å². The predicted molar refractivity (Wildman–Crippen MR) is 72.1 cm³/mol. The van der Waals surface area contributed by atoms with Crippen molar-refractivity contribution in [3.05, 3.63) is 54.6 Å². The summed E-state index contributed by atoms with van der Waals surface area (Å²) in [6.45, 7) is 1.84. The van der Waals surface area contributed by atoms with Gasteiger partial charge in [-0.1, -0.05) is 25.0 Å². The van der Waals surface area contributed by atoms with Crippen molar-refractivity contribution in [3.8, 4) is 0 Å². The van der Waals surface area contributed by atoms with Gasteiger partial charge in [-0.15, -0.1) is 0 Å². The molecule has 0 spiro atoms. The van der Waals surface area contributed by atoms with E-state index in [1.807, 2.05) is 61.4 Å². The average Bonchev–Trinajstić information content (AvgIpc) is 2.38. The Morgan fingerprint density at radius 3 is 2.12 bits per heavy atom. The monoisotopic (exact) mass is 225 g/mol. The van der Waals surface area contributed by atoms with E-state index in [1.54, 1.807) is 12.5 Å². The van der Waals surface area contributed by atoms with E-state index in [0.29, 0.717) is 0 Å². The molecule has 3 nitrogen and oxygen atoms in total. The first kappa shape index (κ1) is 11.5. The van der Waals surface area contributed by atoms with Gasteiger partial charge in [0.05, 0.1) is 11.4 Å². The molecule has 0 bridgehead atoms. The standard InChI is InChI=1S/C13H14BN2O/c1-14-17-16(12-5-3-2-4-6-12)13-9-7-11(15)8-10-13/h2-10H,15H2,1H3. The molecule has 85 valence electrons. The highest BCUT2D eigenvalue weighted by Gasteiger charge is 2.08. The van der Waals surface area contributed by atoms with Gasteiger partial charge in [-0.2, -0.15) is 0 Å². The zero-order chi connectivity index (χ0) is 12.1. The molecule has 2 N–H and O–H groups in total. The highest BCUT2D eigenvalue weighted by molar-refractivity contribution is 6.25. The van der Waals surface area contributed by atoms with E-state index in [2.05, 4.69) is 0 Å². The van der Waals surface area contributed by atoms with Crippen molar-refractivity contribution in [2.24, 2.45) is 0 Å². The third kappa shape index (κ3) is 2.79. The minimum Gasteiger partial charge on any atom is -0.399 e. The summed E-state index contributed by atoms with van der Waals surface area (Å²) in [4.78, 5) is 0. The summed E-state index contributed by atoms with van der Waals surface area (Å²) in [5, 5.41) is 1.75. The van der Waals surface area contributed by atoms with E-state index < -0.39 is 0 Å². The van der Waals surface area contributed by atoms with Gasteiger partial charge in [0.2, 0.25) is 0 Å². The van der Waals surface area contributed by atoms with Crippen molar-refractivity contribution in [1.82, 2.24) is 0 Å². The summed E-state index contributed by atoms with van der Waals surface area (Å²) in [5.74, 6) is 0. The molecule has 0 heterocycles. The van der Waals surface area contributed by atoms with Gasteiger partial charge in [0.15, 0.2) is 0 Å². The second kappa shape index (κ2) is 5.41. The Bertz CT molecular complexity index is 459. The van der Waals surface area contributed by atoms with E-state index in [1.165, 1.54) is 0 Å². The first-order valence-corrected chi connectivity index (χ1v) is 5.46. The fraction of sp³-hybridized carbons (Fsp3) is 0.0769. The van der Waals surface area contributed by atoms with Crippen LogP contribution in [0.5, 0.6) is 0 Å². The number of benzene rings is 2. The first-order chi connectivity index (χ1) is 8.31. The van der Waals surface area contributed by atoms with Gasteiger partial charge in [0, 0.05) is 5.69 Å². The molecule has 2 aromatic rings. The molecule has 0 saturated carbocycles. The second-order valence-electron chi connectivity index (χ2n) is 3.56. The van der Waals surface area contributed by atoms with Crippen molar-refractivity contribution < 1.29 is 4.76 Å². The predicted octanol–water partition coefficient (Wildman–Crippen LogP) is 3.01. The topological polar surface area (TPSA) is 38.5 Å². The Morgan fingerprint density at radius 2 is 1.53 bits per heavy atom. The number of para-hydroxylation sites is 1. The maximum absolute atomic E-state index is 5.67. The number of nitrogen functional groups attached to an aromatic ring is 1. The van der Waals surface area contributed by atoms with Crippen molar-refractivity contribution in [2.45, 2.75) is 6.82 Å². The lowest BCUT2D eigenvalue weighted by molar-refractivity contribution is 0.346. The molecule has 0 fully saturated rings. The maximum atomic E-state index is 5.67. The normalized spacial score (nSPS) is 9.94. The minimum absolute atomic E-state index is 0.738. The molecule has 0 aliphatic heterocycles. The minimum atomic E-state index is 0.738. The second-order valence-corrected chi connectivity index (χ2v) is 3.56. The van der Waals surface area contributed by atoms with Gasteiger partial charge in [-0.25, -0.2) is 5.06 Å². The fourth-order valence-corrected chi connectivity index (χ4v) is 1.55. The molecule has 0 unspecified atom stereocenters. The lowest BCUT2D eigenvalue weighted by Gasteiger charge is -2.24. The van der Waals surface area contributed by atoms with E-state index in [4.69, 9.17) is 10.5 Å². The van der Waals surface area contributed by atoms with Gasteiger partial charge >= 0.3 is 7.48 Å². The zero-order valence-electron chi connectivity index (χ0n) is 9.71. The van der Waals surface area contributed by atoms with Crippen molar-refractivity contribution in [2.75, 3.05) is 10.8 Å². The average molecular weight is 225 g/mol. The molecule has 0 amide bonds. The lowest BCUT2D eigenvalue weighted by Crippen LogP contribution is -2.18. The summed E-state index contributed by atoms with van der Waals surface area (Å²) in [6.07, 6.45) is 0. The van der Waals surface area contributed by atoms with Gasteiger partial charge < -0.3 is 10.5 Å². The summed E-state index contributed by atoms with van der Waals surface area (Å²) < 4.78 is 5.52. The van der Waals surface area contributed by atoms with Crippen LogP contribution in [0, 0.1) is 0 Å². The Morgan fingerprint density at radius 1 is 0.941 bits per heavy atom. The Labute approximate surface area is 102 Å². The van der Waals surface area contributed by atoms with E-state index in [0.717, 1.165) is 17.1 Å². The number of nitrogens with zero attached hydrogens (tertiary/aromatic N) is 1. The van der Waals surface area contributed by atoms with Crippen LogP contribution in [0.4, 0.5) is 17.1 Å². The quantitative estimate of drug-likeness (QED) is 0.493. The number of rotatable bonds is 4. The van der Waals surface area contributed by atoms with Gasteiger partial charge in [-0.05, 0) is 36.4 Å². The van der Waals surface area contributed by atoms with Crippen LogP contribution in [0.25, 0.3) is 0 Å². The number of hydrogen-bond acceptors (Lipinski definition) is 3. The Kier molecular flexibility index (Phi) is 3.68. The zero-order valence-corrected chi connectivity index (χ0v) is 9.71. The highest BCUT2D eigenvalue weighted by atomic mass is 16.6. The van der Waals surface area contributed by atoms with Crippen LogP contribution >= 0.6 is 0 Å². The molecule has 0 atom stereocenters. The Hall–Kier alpha value is -1.94. The molecular weight excluding hydrogens is 211 g/mol. The highest BCUT2D eigenvalue weighted by Crippen LogP contribution is 2.25. The molecule has 2 aromatic carbocycles. The molecular formula is C13H14BN2O. The molecule has 0 saturated heterocycles. The summed E-state index contributed by atoms with van der Waals surface area (Å²) in [6, 6.07) is 17.4. The van der Waals surface area contributed by atoms with Crippen molar-refractivity contribution in [1.29, 1.82) is 0 Å². The van der Waals surface area contributed by atoms with Gasteiger partial charge in [0.25, 0.3) is 0 Å². The van der Waals surface area contributed by atoms with Crippen LogP contribution in [0.1, 0.15) is 0 Å². The van der Waals surface area contributed by atoms with Crippen LogP contribution in [-0.2, 0) is 4.76 Å². The SMILES string of the molecule is C[B]ON(c1ccccc1)c1ccc(N)cc1. The van der Waals surface area contributed by atoms with Crippen molar-refractivity contribution >= 4 is 24.5 Å². The van der Waals surface area contributed by atoms with E-state index in [-0.39, 0.29) is 0 Å². The summed E-state index contributed by atoms with van der Waals surface area (Å²) >= 11 is 0. The summed E-state index contributed by atoms with van der Waals surface area (Å²) in [7, 11) is 1.64. The Balaban J connectivity index is 2.32. The molecule has 0 aliphatic carbocycles. The third-order valence-electron chi connectivity index (χ3n) is 2.33. The molecule has 1 radical (unpaired) electrons. The number of nitrogens with two attached hydrogens (primary N) is 1. The third-order valence-corrected chi connectivity index (χ3v) is 2.33. The maximum Gasteiger partial charge on any atom is 0.331 e. The van der Waals surface area contributed by atoms with Gasteiger partial charge in [0.1, 0.15) is 0 Å². The lowest BCUT2D eigenvalue weighted by atomic mass is 10.1. The smallest absolute Gasteiger partial charge is 0.331 e. The van der Waals surface area contributed by atoms with E-state index >= 15 is 0 Å². The van der Waals surface area contributed by atoms with Crippen LogP contribution in [0.2, 0.25) is 6.82 Å². The molecule has 17 heavy (non-hydrogen) atoms. The van der Waals surface area contributed by atoms with Crippen LogP contribution in [0.3, 0.4) is 0 Å². The number of anilines is 3. The molecule has 0 aliphatic rings. The van der Waals surface area contributed by atoms with E-state index in [9.17, 15) is 0 Å². The largest absolute Gasteiger partial charge is 0.399 e. The van der Waals surface area contributed by atoms with Crippen molar-refractivity contribution in [3.63, 3.8) is 0 Å². The van der Waals surface area contributed by atoms with Crippen LogP contribution < -0.4 is 10.8 Å².